The molecule has 6 aromatic rings. The SMILES string of the molecule is Cc1ccc(Cc2c(O[C@@]3(O)O[C@H](COCc4ccccc4)[C@@H](OCc4ccccc4)[C@H](OCc4ccccc4)[C@H]3OCc3ccccc3)nn(C3CCC3)c2C)cc1F. The first-order chi connectivity index (χ1) is 29.3. The lowest BCUT2D eigenvalue weighted by atomic mass is 9.93. The van der Waals surface area contributed by atoms with Gasteiger partial charge in [-0.25, -0.2) is 4.39 Å². The number of halogens is 1. The second-order valence-electron chi connectivity index (χ2n) is 15.8. The van der Waals surface area contributed by atoms with Crippen LogP contribution in [-0.4, -0.2) is 51.9 Å². The molecular formula is C50H53FN2O7. The standard InChI is InChI=1S/C50H53FN2O7/c1-35-26-27-41(29-44(35)51)28-43-36(2)53(42-24-15-25-42)52-49(43)60-50(54)48(58-33-40-22-13-6-14-23-40)47(57-32-39-20-11-5-12-21-39)46(56-31-38-18-9-4-10-19-38)45(59-50)34-55-30-37-16-7-3-8-17-37/h3-14,16-23,26-27,29,42,45-48,54H,15,24-25,28,30-34H2,1-2H3/t45-,46-,47+,48-,50+/m1/s1. The van der Waals surface area contributed by atoms with Crippen LogP contribution in [0.2, 0.25) is 0 Å². The molecule has 2 heterocycles. The number of nitrogens with zero attached hydrogens (tertiary/aromatic N) is 2. The summed E-state index contributed by atoms with van der Waals surface area (Å²) in [6, 6.07) is 44.7. The highest BCUT2D eigenvalue weighted by Crippen LogP contribution is 2.41. The topological polar surface area (TPSA) is 93.4 Å². The maximum Gasteiger partial charge on any atom is 0.356 e. The van der Waals surface area contributed by atoms with Gasteiger partial charge in [-0.3, -0.25) is 4.68 Å². The molecule has 0 amide bonds. The molecular weight excluding hydrogens is 760 g/mol. The van der Waals surface area contributed by atoms with E-state index in [-0.39, 0.29) is 44.2 Å². The first-order valence-corrected chi connectivity index (χ1v) is 20.8. The third-order valence-electron chi connectivity index (χ3n) is 11.4. The van der Waals surface area contributed by atoms with E-state index >= 15 is 0 Å². The van der Waals surface area contributed by atoms with Crippen molar-refractivity contribution in [3.8, 4) is 5.88 Å². The van der Waals surface area contributed by atoms with Gasteiger partial charge in [0, 0.05) is 17.7 Å². The van der Waals surface area contributed by atoms with E-state index < -0.39 is 30.4 Å². The number of rotatable bonds is 18. The Bertz CT molecular complexity index is 2260. The number of aromatic nitrogens is 2. The molecule has 1 N–H and O–H groups in total. The summed E-state index contributed by atoms with van der Waals surface area (Å²) < 4.78 is 57.1. The summed E-state index contributed by atoms with van der Waals surface area (Å²) in [7, 11) is 0. The minimum Gasteiger partial charge on any atom is -0.417 e. The van der Waals surface area contributed by atoms with Crippen molar-refractivity contribution in [2.24, 2.45) is 0 Å². The minimum atomic E-state index is -2.46. The molecule has 1 saturated heterocycles. The van der Waals surface area contributed by atoms with Gasteiger partial charge in [-0.15, -0.1) is 5.10 Å². The van der Waals surface area contributed by atoms with E-state index in [1.807, 2.05) is 139 Å². The molecule has 60 heavy (non-hydrogen) atoms. The van der Waals surface area contributed by atoms with Crippen molar-refractivity contribution in [3.05, 3.63) is 190 Å². The number of ether oxygens (including phenoxy) is 6. The van der Waals surface area contributed by atoms with Gasteiger partial charge in [-0.05, 0) is 72.6 Å². The highest BCUT2D eigenvalue weighted by atomic mass is 19.1. The molecule has 0 unspecified atom stereocenters. The average Bonchev–Trinajstić information content (AvgIpc) is 3.53. The Morgan fingerprint density at radius 3 is 1.75 bits per heavy atom. The predicted molar refractivity (Wildman–Crippen MR) is 225 cm³/mol. The highest BCUT2D eigenvalue weighted by molar-refractivity contribution is 5.38. The van der Waals surface area contributed by atoms with E-state index in [0.717, 1.165) is 52.8 Å². The highest BCUT2D eigenvalue weighted by Gasteiger charge is 2.59. The summed E-state index contributed by atoms with van der Waals surface area (Å²) in [4.78, 5) is 0. The van der Waals surface area contributed by atoms with Crippen molar-refractivity contribution >= 4 is 0 Å². The zero-order valence-corrected chi connectivity index (χ0v) is 34.2. The van der Waals surface area contributed by atoms with Crippen LogP contribution in [0.3, 0.4) is 0 Å². The van der Waals surface area contributed by atoms with Crippen LogP contribution in [0.15, 0.2) is 140 Å². The molecule has 0 bridgehead atoms. The summed E-state index contributed by atoms with van der Waals surface area (Å²) in [5.74, 6) is -2.58. The van der Waals surface area contributed by atoms with E-state index in [2.05, 4.69) is 0 Å². The van der Waals surface area contributed by atoms with Crippen molar-refractivity contribution in [1.29, 1.82) is 0 Å². The Kier molecular flexibility index (Phi) is 13.5. The van der Waals surface area contributed by atoms with E-state index in [4.69, 9.17) is 33.5 Å². The second kappa shape index (κ2) is 19.5. The molecule has 0 radical (unpaired) electrons. The normalized spacial score (nSPS) is 21.7. The quantitative estimate of drug-likeness (QED) is 0.0859. The molecule has 10 heteroatoms. The van der Waals surface area contributed by atoms with Crippen LogP contribution in [0.5, 0.6) is 5.88 Å². The first kappa shape index (κ1) is 41.5. The van der Waals surface area contributed by atoms with Crippen molar-refractivity contribution in [3.63, 3.8) is 0 Å². The van der Waals surface area contributed by atoms with E-state index in [1.54, 1.807) is 19.1 Å². The molecule has 5 aromatic carbocycles. The maximum absolute atomic E-state index is 14.9. The van der Waals surface area contributed by atoms with Crippen molar-refractivity contribution < 1.29 is 37.9 Å². The smallest absolute Gasteiger partial charge is 0.356 e. The molecule has 1 aromatic heterocycles. The zero-order chi connectivity index (χ0) is 41.3. The van der Waals surface area contributed by atoms with Gasteiger partial charge in [0.25, 0.3) is 0 Å². The summed E-state index contributed by atoms with van der Waals surface area (Å²) in [5, 5.41) is 18.1. The van der Waals surface area contributed by atoms with E-state index in [9.17, 15) is 9.50 Å². The Balaban J connectivity index is 1.20. The fraction of sp³-hybridized carbons (Fsp3) is 0.340. The summed E-state index contributed by atoms with van der Waals surface area (Å²) in [6.45, 7) is 4.60. The van der Waals surface area contributed by atoms with Gasteiger partial charge in [0.05, 0.1) is 39.1 Å². The van der Waals surface area contributed by atoms with Crippen LogP contribution in [0.4, 0.5) is 4.39 Å². The lowest BCUT2D eigenvalue weighted by Gasteiger charge is -2.49. The Morgan fingerprint density at radius 1 is 0.683 bits per heavy atom. The lowest BCUT2D eigenvalue weighted by Crippen LogP contribution is -2.69. The molecule has 1 saturated carbocycles. The van der Waals surface area contributed by atoms with Crippen LogP contribution in [0.25, 0.3) is 0 Å². The third-order valence-corrected chi connectivity index (χ3v) is 11.4. The average molecular weight is 813 g/mol. The second-order valence-corrected chi connectivity index (χ2v) is 15.8. The predicted octanol–water partition coefficient (Wildman–Crippen LogP) is 9.35. The zero-order valence-electron chi connectivity index (χ0n) is 34.2. The molecule has 2 aliphatic rings. The van der Waals surface area contributed by atoms with Gasteiger partial charge in [0.2, 0.25) is 5.88 Å². The van der Waals surface area contributed by atoms with Gasteiger partial charge < -0.3 is 33.5 Å². The van der Waals surface area contributed by atoms with Crippen LogP contribution < -0.4 is 4.74 Å². The Morgan fingerprint density at radius 2 is 1.22 bits per heavy atom. The van der Waals surface area contributed by atoms with Gasteiger partial charge >= 0.3 is 5.97 Å². The van der Waals surface area contributed by atoms with Crippen LogP contribution >= 0.6 is 0 Å². The molecule has 1 aliphatic heterocycles. The van der Waals surface area contributed by atoms with Crippen molar-refractivity contribution in [2.45, 2.75) is 102 Å². The van der Waals surface area contributed by atoms with Crippen LogP contribution in [0, 0.1) is 19.7 Å². The number of aliphatic hydroxyl groups is 1. The Hall–Kier alpha value is -5.20. The monoisotopic (exact) mass is 812 g/mol. The van der Waals surface area contributed by atoms with Gasteiger partial charge in [-0.2, -0.15) is 0 Å². The van der Waals surface area contributed by atoms with Crippen molar-refractivity contribution in [1.82, 2.24) is 9.78 Å². The molecule has 0 spiro atoms. The van der Waals surface area contributed by atoms with Crippen LogP contribution in [0.1, 0.15) is 69.9 Å². The fourth-order valence-electron chi connectivity index (χ4n) is 7.79. The largest absolute Gasteiger partial charge is 0.417 e. The minimum absolute atomic E-state index is 0.0294. The summed E-state index contributed by atoms with van der Waals surface area (Å²) in [5.41, 5.74) is 6.64. The van der Waals surface area contributed by atoms with Gasteiger partial charge in [0.15, 0.2) is 6.10 Å². The van der Waals surface area contributed by atoms with Crippen LogP contribution in [-0.2, 0) is 56.5 Å². The summed E-state index contributed by atoms with van der Waals surface area (Å²) in [6.07, 6.45) is -0.532. The molecule has 2 fully saturated rings. The number of aryl methyl sites for hydroxylation is 1. The molecule has 312 valence electrons. The fourth-order valence-corrected chi connectivity index (χ4v) is 7.79. The molecule has 8 rings (SSSR count). The van der Waals surface area contributed by atoms with Gasteiger partial charge in [0.1, 0.15) is 24.1 Å². The third kappa shape index (κ3) is 10.0. The molecule has 5 atom stereocenters. The lowest BCUT2D eigenvalue weighted by molar-refractivity contribution is -0.436. The number of hydrogen-bond acceptors (Lipinski definition) is 8. The molecule has 1 aliphatic carbocycles. The van der Waals surface area contributed by atoms with Crippen molar-refractivity contribution in [2.75, 3.05) is 6.61 Å². The molecule has 9 nitrogen and oxygen atoms in total. The first-order valence-electron chi connectivity index (χ1n) is 20.8. The number of hydrogen-bond donors (Lipinski definition) is 1. The van der Waals surface area contributed by atoms with E-state index in [1.165, 1.54) is 0 Å². The Labute approximate surface area is 351 Å². The van der Waals surface area contributed by atoms with E-state index in [0.29, 0.717) is 24.2 Å². The van der Waals surface area contributed by atoms with Gasteiger partial charge in [-0.1, -0.05) is 133 Å². The number of benzene rings is 5. The maximum atomic E-state index is 14.9. The summed E-state index contributed by atoms with van der Waals surface area (Å²) >= 11 is 0.